The fraction of sp³-hybridized carbons (Fsp3) is 0.591. The predicted molar refractivity (Wildman–Crippen MR) is 112 cm³/mol. The summed E-state index contributed by atoms with van der Waals surface area (Å²) in [5.41, 5.74) is 3.15. The van der Waals surface area contributed by atoms with Gasteiger partial charge >= 0.3 is 0 Å². The summed E-state index contributed by atoms with van der Waals surface area (Å²) in [4.78, 5) is 2.12. The Morgan fingerprint density at radius 2 is 1.85 bits per heavy atom. The summed E-state index contributed by atoms with van der Waals surface area (Å²) >= 11 is 0. The highest BCUT2D eigenvalue weighted by Crippen LogP contribution is 2.16. The molecule has 27 heavy (non-hydrogen) atoms. The summed E-state index contributed by atoms with van der Waals surface area (Å²) in [5, 5.41) is 11.4. The molecule has 1 aliphatic heterocycles. The van der Waals surface area contributed by atoms with Crippen molar-refractivity contribution < 1.29 is 9.13 Å². The molecular weight excluding hydrogens is 341 g/mol. The van der Waals surface area contributed by atoms with E-state index in [1.807, 2.05) is 44.2 Å². The van der Waals surface area contributed by atoms with Crippen LogP contribution in [0.2, 0.25) is 0 Å². The van der Waals surface area contributed by atoms with Gasteiger partial charge in [0.05, 0.1) is 6.10 Å². The van der Waals surface area contributed by atoms with Gasteiger partial charge in [0.25, 0.3) is 0 Å². The first-order chi connectivity index (χ1) is 12.9. The topological polar surface area (TPSA) is 48.4 Å². The minimum absolute atomic E-state index is 0.109. The van der Waals surface area contributed by atoms with E-state index in [9.17, 15) is 4.39 Å². The van der Waals surface area contributed by atoms with Gasteiger partial charge in [0.2, 0.25) is 0 Å². The second-order valence-electron chi connectivity index (χ2n) is 7.00. The summed E-state index contributed by atoms with van der Waals surface area (Å²) in [6.45, 7) is 11.5. The van der Waals surface area contributed by atoms with Crippen molar-refractivity contribution in [3.8, 4) is 0 Å². The third kappa shape index (κ3) is 8.67. The zero-order chi connectivity index (χ0) is 20.2. The summed E-state index contributed by atoms with van der Waals surface area (Å²) in [6.07, 6.45) is 3.35. The van der Waals surface area contributed by atoms with Crippen LogP contribution in [0.15, 0.2) is 35.9 Å². The van der Waals surface area contributed by atoms with Gasteiger partial charge in [0.15, 0.2) is 0 Å². The van der Waals surface area contributed by atoms with Gasteiger partial charge in [-0.15, -0.1) is 0 Å². The number of methoxy groups -OCH3 is 1. The molecule has 1 saturated heterocycles. The number of rotatable bonds is 6. The van der Waals surface area contributed by atoms with Crippen molar-refractivity contribution in [1.82, 2.24) is 10.2 Å². The minimum atomic E-state index is -0.847. The van der Waals surface area contributed by atoms with Crippen LogP contribution in [-0.2, 0) is 4.74 Å². The van der Waals surface area contributed by atoms with Crippen molar-refractivity contribution in [3.05, 3.63) is 47.0 Å². The largest absolute Gasteiger partial charge is 0.377 e. The molecule has 2 atom stereocenters. The molecule has 1 aliphatic rings. The van der Waals surface area contributed by atoms with Gasteiger partial charge in [0.1, 0.15) is 12.0 Å². The Bertz CT molecular complexity index is 578. The normalized spacial score (nSPS) is 17.0. The molecule has 5 heteroatoms. The summed E-state index contributed by atoms with van der Waals surface area (Å²) in [5.74, 6) is 0.624. The molecule has 0 aromatic heterocycles. The van der Waals surface area contributed by atoms with Crippen molar-refractivity contribution >= 4 is 5.84 Å². The molecule has 0 amide bonds. The minimum Gasteiger partial charge on any atom is -0.377 e. The van der Waals surface area contributed by atoms with Crippen LogP contribution in [0.25, 0.3) is 0 Å². The van der Waals surface area contributed by atoms with Crippen molar-refractivity contribution in [2.24, 2.45) is 0 Å². The highest BCUT2D eigenvalue weighted by Gasteiger charge is 2.14. The molecule has 0 radical (unpaired) electrons. The number of ether oxygens (including phenoxy) is 1. The molecule has 2 unspecified atom stereocenters. The fourth-order valence-corrected chi connectivity index (χ4v) is 2.84. The maximum absolute atomic E-state index is 12.6. The molecule has 4 nitrogen and oxygen atoms in total. The van der Waals surface area contributed by atoms with Gasteiger partial charge in [0, 0.05) is 33.3 Å². The maximum atomic E-state index is 12.6. The Labute approximate surface area is 164 Å². The average molecular weight is 378 g/mol. The Balaban J connectivity index is 0.000000309. The Kier molecular flexibility index (Phi) is 10.9. The molecule has 0 aliphatic carbocycles. The van der Waals surface area contributed by atoms with E-state index >= 15 is 0 Å². The molecule has 1 heterocycles. The van der Waals surface area contributed by atoms with Crippen LogP contribution >= 0.6 is 0 Å². The van der Waals surface area contributed by atoms with E-state index in [0.717, 1.165) is 44.6 Å². The third-order valence-corrected chi connectivity index (χ3v) is 4.73. The lowest BCUT2D eigenvalue weighted by molar-refractivity contribution is 0.144. The van der Waals surface area contributed by atoms with Crippen LogP contribution in [0.3, 0.4) is 0 Å². The Hall–Kier alpha value is -1.72. The van der Waals surface area contributed by atoms with Gasteiger partial charge in [-0.25, -0.2) is 4.39 Å². The molecule has 1 fully saturated rings. The van der Waals surface area contributed by atoms with E-state index in [1.165, 1.54) is 11.1 Å². The van der Waals surface area contributed by atoms with Crippen LogP contribution < -0.4 is 5.32 Å². The first-order valence-corrected chi connectivity index (χ1v) is 9.87. The van der Waals surface area contributed by atoms with Crippen molar-refractivity contribution in [2.45, 2.75) is 52.8 Å². The van der Waals surface area contributed by atoms with E-state index in [1.54, 1.807) is 14.0 Å². The van der Waals surface area contributed by atoms with Gasteiger partial charge in [-0.1, -0.05) is 43.2 Å². The second kappa shape index (κ2) is 12.6. The fourth-order valence-electron chi connectivity index (χ4n) is 2.84. The Morgan fingerprint density at radius 1 is 1.26 bits per heavy atom. The third-order valence-electron chi connectivity index (χ3n) is 4.73. The number of benzene rings is 1. The molecule has 0 spiro atoms. The zero-order valence-electron chi connectivity index (χ0n) is 17.5. The van der Waals surface area contributed by atoms with Crippen LogP contribution in [0.5, 0.6) is 0 Å². The van der Waals surface area contributed by atoms with Crippen LogP contribution in [0.1, 0.15) is 50.9 Å². The van der Waals surface area contributed by atoms with Gasteiger partial charge in [-0.3, -0.25) is 5.41 Å². The van der Waals surface area contributed by atoms with E-state index < -0.39 is 6.17 Å². The number of aryl methyl sites for hydroxylation is 1. The number of halogens is 1. The monoisotopic (exact) mass is 377 g/mol. The lowest BCUT2D eigenvalue weighted by Gasteiger charge is -2.29. The van der Waals surface area contributed by atoms with E-state index in [2.05, 4.69) is 17.1 Å². The SMILES string of the molecule is CCC/C(=C\C(=N)N1CCNCC1)C(C)OC.Cc1ccc(C(C)F)cc1. The number of piperazine rings is 1. The number of nitrogens with one attached hydrogen (secondary N) is 2. The highest BCUT2D eigenvalue weighted by atomic mass is 19.1. The van der Waals surface area contributed by atoms with Gasteiger partial charge in [-0.05, 0) is 44.4 Å². The van der Waals surface area contributed by atoms with Crippen LogP contribution in [-0.4, -0.2) is 50.1 Å². The second-order valence-corrected chi connectivity index (χ2v) is 7.00. The number of nitrogens with zero attached hydrogens (tertiary/aromatic N) is 1. The van der Waals surface area contributed by atoms with Gasteiger partial charge < -0.3 is 15.0 Å². The summed E-state index contributed by atoms with van der Waals surface area (Å²) < 4.78 is 17.9. The van der Waals surface area contributed by atoms with Crippen molar-refractivity contribution in [1.29, 1.82) is 5.41 Å². The zero-order valence-corrected chi connectivity index (χ0v) is 17.5. The number of hydrogen-bond acceptors (Lipinski definition) is 3. The molecule has 2 rings (SSSR count). The number of alkyl halides is 1. The maximum Gasteiger partial charge on any atom is 0.122 e. The molecule has 1 aromatic rings. The first kappa shape index (κ1) is 23.3. The van der Waals surface area contributed by atoms with E-state index in [4.69, 9.17) is 10.1 Å². The Morgan fingerprint density at radius 3 is 2.33 bits per heavy atom. The summed E-state index contributed by atoms with van der Waals surface area (Å²) in [7, 11) is 1.72. The lowest BCUT2D eigenvalue weighted by Crippen LogP contribution is -2.45. The standard InChI is InChI=1S/C13H25N3O.C9H11F/c1-4-5-12(11(2)17-3)10-13(14)16-8-6-15-7-9-16;1-7-3-5-9(6-4-7)8(2)10/h10-11,14-15H,4-9H2,1-3H3;3-6,8H,1-2H3/b12-10+,14-13?;. The van der Waals surface area contributed by atoms with Crippen molar-refractivity contribution in [3.63, 3.8) is 0 Å². The van der Waals surface area contributed by atoms with Gasteiger partial charge in [-0.2, -0.15) is 0 Å². The average Bonchev–Trinajstić information content (AvgIpc) is 2.68. The highest BCUT2D eigenvalue weighted by molar-refractivity contribution is 5.91. The van der Waals surface area contributed by atoms with Crippen LogP contribution in [0, 0.1) is 12.3 Å². The van der Waals surface area contributed by atoms with E-state index in [0.29, 0.717) is 5.84 Å². The molecule has 1 aromatic carbocycles. The lowest BCUT2D eigenvalue weighted by atomic mass is 10.0. The van der Waals surface area contributed by atoms with Crippen molar-refractivity contribution in [2.75, 3.05) is 33.3 Å². The first-order valence-electron chi connectivity index (χ1n) is 9.87. The molecule has 2 N–H and O–H groups in total. The summed E-state index contributed by atoms with van der Waals surface area (Å²) in [6, 6.07) is 7.48. The molecule has 0 saturated carbocycles. The molecular formula is C22H36FN3O. The smallest absolute Gasteiger partial charge is 0.122 e. The number of hydrogen-bond donors (Lipinski definition) is 2. The van der Waals surface area contributed by atoms with Crippen LogP contribution in [0.4, 0.5) is 4.39 Å². The quantitative estimate of drug-likeness (QED) is 0.560. The van der Waals surface area contributed by atoms with E-state index in [-0.39, 0.29) is 6.10 Å². The number of amidine groups is 1. The predicted octanol–water partition coefficient (Wildman–Crippen LogP) is 4.66. The molecule has 0 bridgehead atoms. The molecule has 152 valence electrons.